The minimum absolute atomic E-state index is 0.270. The van der Waals surface area contributed by atoms with Crippen LogP contribution in [0.15, 0.2) is 36.4 Å². The second kappa shape index (κ2) is 9.31. The first kappa shape index (κ1) is 23.3. The third-order valence-corrected chi connectivity index (χ3v) is 7.72. The van der Waals surface area contributed by atoms with Gasteiger partial charge in [0.2, 0.25) is 0 Å². The van der Waals surface area contributed by atoms with E-state index in [2.05, 4.69) is 87.7 Å². The first-order valence-electron chi connectivity index (χ1n) is 12.6. The number of hydrogen-bond donors (Lipinski definition) is 0. The van der Waals surface area contributed by atoms with Gasteiger partial charge < -0.3 is 28.7 Å². The van der Waals surface area contributed by atoms with Gasteiger partial charge >= 0.3 is 0 Å². The maximum Gasteiger partial charge on any atom is 0.119 e. The minimum Gasteiger partial charge on any atom is -0.491 e. The lowest BCUT2D eigenvalue weighted by molar-refractivity contribution is 0.263. The third kappa shape index (κ3) is 4.71. The van der Waals surface area contributed by atoms with Crippen LogP contribution in [0, 0.1) is 13.8 Å². The average molecular weight is 467 g/mol. The summed E-state index contributed by atoms with van der Waals surface area (Å²) in [5.74, 6) is 1.84. The Morgan fingerprint density at radius 3 is 1.32 bits per heavy atom. The Bertz CT molecular complexity index is 922. The van der Waals surface area contributed by atoms with Crippen LogP contribution in [0.1, 0.15) is 38.8 Å². The summed E-state index contributed by atoms with van der Waals surface area (Å²) >= 11 is 0. The van der Waals surface area contributed by atoms with E-state index >= 15 is 0 Å². The van der Waals surface area contributed by atoms with E-state index in [1.54, 1.807) is 0 Å². The zero-order valence-electron chi connectivity index (χ0n) is 21.3. The van der Waals surface area contributed by atoms with E-state index in [1.807, 2.05) is 0 Å². The molecule has 0 aliphatic carbocycles. The lowest BCUT2D eigenvalue weighted by Crippen LogP contribution is -2.66. The Labute approximate surface area is 203 Å². The second-order valence-electron chi connectivity index (χ2n) is 10.2. The SMILES string of the molecule is Cc1cc(OCC2CO2)ccc1N1C(C)C(C)N(c2ccc(OCC3CO3)cc2C)C(C)C1C. The zero-order chi connectivity index (χ0) is 24.0. The molecular weight excluding hydrogens is 428 g/mol. The predicted octanol–water partition coefficient (Wildman–Crippen LogP) is 4.74. The van der Waals surface area contributed by atoms with Crippen molar-refractivity contribution in [3.05, 3.63) is 47.5 Å². The minimum atomic E-state index is 0.270. The highest BCUT2D eigenvalue weighted by Crippen LogP contribution is 2.39. The molecule has 34 heavy (non-hydrogen) atoms. The van der Waals surface area contributed by atoms with Gasteiger partial charge in [0.05, 0.1) is 13.2 Å². The van der Waals surface area contributed by atoms with Crippen molar-refractivity contribution in [2.45, 2.75) is 77.9 Å². The lowest BCUT2D eigenvalue weighted by Gasteiger charge is -2.55. The number of nitrogens with zero attached hydrogens (tertiary/aromatic N) is 2. The highest BCUT2D eigenvalue weighted by Gasteiger charge is 2.41. The van der Waals surface area contributed by atoms with Crippen molar-refractivity contribution in [2.75, 3.05) is 36.2 Å². The Kier molecular flexibility index (Phi) is 6.38. The normalized spacial score (nSPS) is 30.3. The van der Waals surface area contributed by atoms with Crippen LogP contribution in [-0.4, -0.2) is 62.8 Å². The lowest BCUT2D eigenvalue weighted by atomic mass is 9.91. The van der Waals surface area contributed by atoms with Gasteiger partial charge in [0, 0.05) is 35.5 Å². The molecule has 0 amide bonds. The molecule has 184 valence electrons. The summed E-state index contributed by atoms with van der Waals surface area (Å²) in [4.78, 5) is 5.19. The fraction of sp³-hybridized carbons (Fsp3) is 0.571. The third-order valence-electron chi connectivity index (χ3n) is 7.72. The van der Waals surface area contributed by atoms with Crippen LogP contribution in [-0.2, 0) is 9.47 Å². The summed E-state index contributed by atoms with van der Waals surface area (Å²) in [6, 6.07) is 14.4. The van der Waals surface area contributed by atoms with E-state index in [1.165, 1.54) is 22.5 Å². The van der Waals surface area contributed by atoms with Crippen molar-refractivity contribution in [3.63, 3.8) is 0 Å². The van der Waals surface area contributed by atoms with Gasteiger partial charge in [-0.15, -0.1) is 0 Å². The van der Waals surface area contributed by atoms with Crippen molar-refractivity contribution >= 4 is 11.4 Å². The number of ether oxygens (including phenoxy) is 4. The molecule has 2 aromatic carbocycles. The number of hydrogen-bond acceptors (Lipinski definition) is 6. The Hall–Kier alpha value is -2.44. The number of aryl methyl sites for hydroxylation is 2. The molecule has 3 aliphatic heterocycles. The molecule has 0 N–H and O–H groups in total. The molecule has 5 rings (SSSR count). The molecule has 3 aliphatic rings. The van der Waals surface area contributed by atoms with Crippen LogP contribution in [0.2, 0.25) is 0 Å². The Morgan fingerprint density at radius 1 is 0.676 bits per heavy atom. The van der Waals surface area contributed by atoms with Crippen LogP contribution in [0.3, 0.4) is 0 Å². The van der Waals surface area contributed by atoms with E-state index in [0.29, 0.717) is 37.4 Å². The molecule has 3 fully saturated rings. The second-order valence-corrected chi connectivity index (χ2v) is 10.2. The van der Waals surface area contributed by atoms with Gasteiger partial charge in [-0.1, -0.05) is 0 Å². The molecule has 0 radical (unpaired) electrons. The first-order valence-corrected chi connectivity index (χ1v) is 12.6. The first-order chi connectivity index (χ1) is 16.3. The summed E-state index contributed by atoms with van der Waals surface area (Å²) < 4.78 is 22.4. The Morgan fingerprint density at radius 2 is 1.03 bits per heavy atom. The van der Waals surface area contributed by atoms with E-state index < -0.39 is 0 Å². The van der Waals surface area contributed by atoms with Crippen molar-refractivity contribution in [1.29, 1.82) is 0 Å². The number of epoxide rings is 2. The van der Waals surface area contributed by atoms with Gasteiger partial charge in [-0.2, -0.15) is 0 Å². The molecule has 0 spiro atoms. The maximum atomic E-state index is 5.91. The molecule has 3 saturated heterocycles. The summed E-state index contributed by atoms with van der Waals surface area (Å²) in [6.45, 7) is 16.7. The quantitative estimate of drug-likeness (QED) is 0.524. The highest BCUT2D eigenvalue weighted by molar-refractivity contribution is 5.63. The molecule has 0 aromatic heterocycles. The van der Waals surface area contributed by atoms with Crippen LogP contribution in [0.25, 0.3) is 0 Å². The zero-order valence-corrected chi connectivity index (χ0v) is 21.3. The van der Waals surface area contributed by atoms with E-state index in [-0.39, 0.29) is 12.2 Å². The van der Waals surface area contributed by atoms with E-state index in [0.717, 1.165) is 24.7 Å². The molecule has 3 heterocycles. The molecule has 6 heteroatoms. The van der Waals surface area contributed by atoms with Gasteiger partial charge in [0.15, 0.2) is 0 Å². The summed E-state index contributed by atoms with van der Waals surface area (Å²) in [5.41, 5.74) is 5.07. The molecule has 6 unspecified atom stereocenters. The summed E-state index contributed by atoms with van der Waals surface area (Å²) in [7, 11) is 0. The number of rotatable bonds is 8. The van der Waals surface area contributed by atoms with Gasteiger partial charge in [0.25, 0.3) is 0 Å². The fourth-order valence-corrected chi connectivity index (χ4v) is 5.27. The van der Waals surface area contributed by atoms with E-state index in [9.17, 15) is 0 Å². The topological polar surface area (TPSA) is 50.0 Å². The number of anilines is 2. The predicted molar refractivity (Wildman–Crippen MR) is 136 cm³/mol. The standard InChI is InChI=1S/C28H38N2O4/c1-17-11-23(31-13-25-15-33-25)7-9-27(17)29-19(3)21(5)30(22(6)20(29)4)28-10-8-24(12-18(28)2)32-14-26-16-34-26/h7-12,19-22,25-26H,13-16H2,1-6H3. The molecular formula is C28H38N2O4. The largest absolute Gasteiger partial charge is 0.491 e. The van der Waals surface area contributed by atoms with E-state index in [4.69, 9.17) is 18.9 Å². The molecule has 0 saturated carbocycles. The Balaban J connectivity index is 1.34. The number of benzene rings is 2. The smallest absolute Gasteiger partial charge is 0.119 e. The van der Waals surface area contributed by atoms with Crippen molar-refractivity contribution in [3.8, 4) is 11.5 Å². The summed E-state index contributed by atoms with van der Waals surface area (Å²) in [6.07, 6.45) is 0.539. The van der Waals surface area contributed by atoms with Gasteiger partial charge in [-0.05, 0) is 89.1 Å². The molecule has 6 atom stereocenters. The van der Waals surface area contributed by atoms with Crippen molar-refractivity contribution in [1.82, 2.24) is 0 Å². The van der Waals surface area contributed by atoms with Crippen molar-refractivity contribution in [2.24, 2.45) is 0 Å². The maximum absolute atomic E-state index is 5.91. The highest BCUT2D eigenvalue weighted by atomic mass is 16.6. The number of piperazine rings is 1. The monoisotopic (exact) mass is 466 g/mol. The molecule has 6 nitrogen and oxygen atoms in total. The van der Waals surface area contributed by atoms with Gasteiger partial charge in [0.1, 0.15) is 36.9 Å². The van der Waals surface area contributed by atoms with Crippen LogP contribution < -0.4 is 19.3 Å². The van der Waals surface area contributed by atoms with Crippen LogP contribution in [0.4, 0.5) is 11.4 Å². The van der Waals surface area contributed by atoms with Crippen molar-refractivity contribution < 1.29 is 18.9 Å². The van der Waals surface area contributed by atoms with Gasteiger partial charge in [-0.3, -0.25) is 0 Å². The summed E-state index contributed by atoms with van der Waals surface area (Å²) in [5, 5.41) is 0. The van der Waals surface area contributed by atoms with Gasteiger partial charge in [-0.25, -0.2) is 0 Å². The fourth-order valence-electron chi connectivity index (χ4n) is 5.27. The van der Waals surface area contributed by atoms with Crippen LogP contribution >= 0.6 is 0 Å². The molecule has 2 aromatic rings. The average Bonchev–Trinajstić information content (AvgIpc) is 3.73. The molecule has 0 bridgehead atoms. The van der Waals surface area contributed by atoms with Crippen LogP contribution in [0.5, 0.6) is 11.5 Å².